The summed E-state index contributed by atoms with van der Waals surface area (Å²) in [6.07, 6.45) is 10.9. The first-order valence-corrected chi connectivity index (χ1v) is 8.31. The van der Waals surface area contributed by atoms with Crippen molar-refractivity contribution in [2.45, 2.75) is 64.8 Å². The van der Waals surface area contributed by atoms with Crippen molar-refractivity contribution in [1.82, 2.24) is 4.98 Å². The van der Waals surface area contributed by atoms with Crippen molar-refractivity contribution in [3.8, 4) is 0 Å². The van der Waals surface area contributed by atoms with Crippen LogP contribution in [0.2, 0.25) is 0 Å². The first-order valence-electron chi connectivity index (χ1n) is 8.31. The predicted molar refractivity (Wildman–Crippen MR) is 87.5 cm³/mol. The molecular weight excluding hydrogens is 246 g/mol. The van der Waals surface area contributed by atoms with Crippen molar-refractivity contribution in [2.75, 3.05) is 23.3 Å². The second kappa shape index (κ2) is 8.13. The Morgan fingerprint density at radius 2 is 1.80 bits per heavy atom. The highest BCUT2D eigenvalue weighted by atomic mass is 15.2. The molecule has 1 aromatic rings. The number of hydrogen-bond donors (Lipinski definition) is 1. The third-order valence-corrected chi connectivity index (χ3v) is 4.07. The third kappa shape index (κ3) is 4.39. The van der Waals surface area contributed by atoms with Crippen LogP contribution in [0.4, 0.5) is 11.5 Å². The molecule has 0 saturated carbocycles. The lowest BCUT2D eigenvalue weighted by molar-refractivity contribution is 0.573. The molecule has 3 nitrogen and oxygen atoms in total. The molecule has 0 bridgehead atoms. The molecule has 0 aromatic carbocycles. The maximum atomic E-state index is 4.64. The number of piperidine rings is 1. The maximum absolute atomic E-state index is 4.64. The Hall–Kier alpha value is -1.25. The number of anilines is 2. The fourth-order valence-electron chi connectivity index (χ4n) is 3.00. The van der Waals surface area contributed by atoms with Gasteiger partial charge in [0.15, 0.2) is 0 Å². The highest BCUT2D eigenvalue weighted by Crippen LogP contribution is 2.20. The molecule has 1 saturated heterocycles. The van der Waals surface area contributed by atoms with Crippen molar-refractivity contribution in [3.05, 3.63) is 18.3 Å². The van der Waals surface area contributed by atoms with Crippen LogP contribution >= 0.6 is 0 Å². The molecular formula is C17H29N3. The minimum atomic E-state index is 0.590. The lowest BCUT2D eigenvalue weighted by atomic mass is 10.1. The minimum absolute atomic E-state index is 0.590. The van der Waals surface area contributed by atoms with E-state index in [1.807, 2.05) is 6.20 Å². The molecule has 1 aliphatic heterocycles. The zero-order valence-electron chi connectivity index (χ0n) is 13.1. The fraction of sp³-hybridized carbons (Fsp3) is 0.706. The van der Waals surface area contributed by atoms with Crippen LogP contribution in [-0.4, -0.2) is 24.1 Å². The molecule has 0 atom stereocenters. The van der Waals surface area contributed by atoms with Crippen LogP contribution in [0.3, 0.4) is 0 Å². The summed E-state index contributed by atoms with van der Waals surface area (Å²) in [5, 5.41) is 3.63. The SMILES string of the molecule is CCCC(CCC)Nc1ccc(N2CCCCC2)nc1. The second-order valence-corrected chi connectivity index (χ2v) is 5.87. The van der Waals surface area contributed by atoms with Crippen LogP contribution in [0, 0.1) is 0 Å². The van der Waals surface area contributed by atoms with Crippen molar-refractivity contribution < 1.29 is 0 Å². The van der Waals surface area contributed by atoms with Crippen LogP contribution in [0.1, 0.15) is 58.8 Å². The Balaban J connectivity index is 1.92. The van der Waals surface area contributed by atoms with Crippen LogP contribution in [0.25, 0.3) is 0 Å². The van der Waals surface area contributed by atoms with Gasteiger partial charge in [-0.1, -0.05) is 26.7 Å². The van der Waals surface area contributed by atoms with E-state index in [2.05, 4.69) is 41.2 Å². The van der Waals surface area contributed by atoms with E-state index in [4.69, 9.17) is 0 Å². The molecule has 112 valence electrons. The Morgan fingerprint density at radius 3 is 2.35 bits per heavy atom. The van der Waals surface area contributed by atoms with Gasteiger partial charge in [0.1, 0.15) is 5.82 Å². The summed E-state index contributed by atoms with van der Waals surface area (Å²) in [7, 11) is 0. The van der Waals surface area contributed by atoms with Gasteiger partial charge in [-0.05, 0) is 44.2 Å². The van der Waals surface area contributed by atoms with Crippen molar-refractivity contribution in [1.29, 1.82) is 0 Å². The zero-order valence-corrected chi connectivity index (χ0v) is 13.1. The van der Waals surface area contributed by atoms with E-state index in [-0.39, 0.29) is 0 Å². The van der Waals surface area contributed by atoms with Gasteiger partial charge in [-0.25, -0.2) is 4.98 Å². The summed E-state index contributed by atoms with van der Waals surface area (Å²) in [4.78, 5) is 7.04. The average Bonchev–Trinajstić information content (AvgIpc) is 2.49. The van der Waals surface area contributed by atoms with Gasteiger partial charge >= 0.3 is 0 Å². The van der Waals surface area contributed by atoms with Crippen molar-refractivity contribution in [3.63, 3.8) is 0 Å². The highest BCUT2D eigenvalue weighted by molar-refractivity contribution is 5.49. The lowest BCUT2D eigenvalue weighted by Crippen LogP contribution is -2.30. The van der Waals surface area contributed by atoms with Crippen molar-refractivity contribution in [2.24, 2.45) is 0 Å². The summed E-state index contributed by atoms with van der Waals surface area (Å²) in [6, 6.07) is 4.95. The quantitative estimate of drug-likeness (QED) is 0.796. The van der Waals surface area contributed by atoms with Crippen LogP contribution < -0.4 is 10.2 Å². The largest absolute Gasteiger partial charge is 0.381 e. The van der Waals surface area contributed by atoms with Crippen LogP contribution in [0.5, 0.6) is 0 Å². The molecule has 2 rings (SSSR count). The number of nitrogens with one attached hydrogen (secondary N) is 1. The first-order chi connectivity index (χ1) is 9.83. The lowest BCUT2D eigenvalue weighted by Gasteiger charge is -2.28. The standard InChI is InChI=1S/C17H29N3/c1-3-8-15(9-4-2)19-16-10-11-17(18-14-16)20-12-6-5-7-13-20/h10-11,14-15,19H,3-9,12-13H2,1-2H3. The molecule has 2 heterocycles. The third-order valence-electron chi connectivity index (χ3n) is 4.07. The van der Waals surface area contributed by atoms with Gasteiger partial charge in [-0.15, -0.1) is 0 Å². The minimum Gasteiger partial charge on any atom is -0.381 e. The van der Waals surface area contributed by atoms with Gasteiger partial charge in [-0.2, -0.15) is 0 Å². The normalized spacial score (nSPS) is 15.7. The molecule has 0 amide bonds. The Labute approximate surface area is 123 Å². The van der Waals surface area contributed by atoms with Crippen LogP contribution in [-0.2, 0) is 0 Å². The Morgan fingerprint density at radius 1 is 1.10 bits per heavy atom. The molecule has 20 heavy (non-hydrogen) atoms. The van der Waals surface area contributed by atoms with Crippen molar-refractivity contribution >= 4 is 11.5 Å². The summed E-state index contributed by atoms with van der Waals surface area (Å²) < 4.78 is 0. The van der Waals surface area contributed by atoms with Crippen LogP contribution in [0.15, 0.2) is 18.3 Å². The molecule has 0 unspecified atom stereocenters. The molecule has 1 N–H and O–H groups in total. The zero-order chi connectivity index (χ0) is 14.2. The van der Waals surface area contributed by atoms with Gasteiger partial charge < -0.3 is 10.2 Å². The van der Waals surface area contributed by atoms with Gasteiger partial charge in [0, 0.05) is 19.1 Å². The molecule has 0 spiro atoms. The van der Waals surface area contributed by atoms with Gasteiger partial charge in [-0.3, -0.25) is 0 Å². The van der Waals surface area contributed by atoms with E-state index in [1.165, 1.54) is 44.9 Å². The Kier molecular flexibility index (Phi) is 6.16. The summed E-state index contributed by atoms with van der Waals surface area (Å²) in [6.45, 7) is 6.83. The summed E-state index contributed by atoms with van der Waals surface area (Å²) >= 11 is 0. The topological polar surface area (TPSA) is 28.2 Å². The van der Waals surface area contributed by atoms with E-state index in [0.717, 1.165) is 24.6 Å². The average molecular weight is 275 g/mol. The van der Waals surface area contributed by atoms with Gasteiger partial charge in [0.25, 0.3) is 0 Å². The smallest absolute Gasteiger partial charge is 0.128 e. The summed E-state index contributed by atoms with van der Waals surface area (Å²) in [5.41, 5.74) is 1.16. The molecule has 1 fully saturated rings. The second-order valence-electron chi connectivity index (χ2n) is 5.87. The Bertz CT molecular complexity index is 362. The van der Waals surface area contributed by atoms with Gasteiger partial charge in [0.2, 0.25) is 0 Å². The van der Waals surface area contributed by atoms with E-state index in [0.29, 0.717) is 6.04 Å². The van der Waals surface area contributed by atoms with Gasteiger partial charge in [0.05, 0.1) is 11.9 Å². The number of nitrogens with zero attached hydrogens (tertiary/aromatic N) is 2. The number of rotatable bonds is 7. The maximum Gasteiger partial charge on any atom is 0.128 e. The van der Waals surface area contributed by atoms with E-state index < -0.39 is 0 Å². The van der Waals surface area contributed by atoms with E-state index >= 15 is 0 Å². The number of aromatic nitrogens is 1. The molecule has 0 aliphatic carbocycles. The fourth-order valence-corrected chi connectivity index (χ4v) is 3.00. The summed E-state index contributed by atoms with van der Waals surface area (Å²) in [5.74, 6) is 1.14. The van der Waals surface area contributed by atoms with E-state index in [9.17, 15) is 0 Å². The number of hydrogen-bond acceptors (Lipinski definition) is 3. The first kappa shape index (κ1) is 15.1. The van der Waals surface area contributed by atoms with E-state index in [1.54, 1.807) is 0 Å². The molecule has 3 heteroatoms. The highest BCUT2D eigenvalue weighted by Gasteiger charge is 2.12. The predicted octanol–water partition coefficient (Wildman–Crippen LogP) is 4.45. The molecule has 0 radical (unpaired) electrons. The monoisotopic (exact) mass is 275 g/mol. The molecule has 1 aromatic heterocycles. The number of pyridine rings is 1. The molecule has 1 aliphatic rings.